The number of pyridine rings is 1. The molecule has 0 unspecified atom stereocenters. The number of carbonyl (C=O) groups is 1. The molecule has 3 aromatic rings. The first-order valence-corrected chi connectivity index (χ1v) is 13.0. The van der Waals surface area contributed by atoms with Crippen LogP contribution in [0.3, 0.4) is 0 Å². The molecule has 1 aliphatic heterocycles. The van der Waals surface area contributed by atoms with Crippen molar-refractivity contribution in [3.05, 3.63) is 62.2 Å². The number of carbonyl (C=O) groups excluding carboxylic acids is 1. The van der Waals surface area contributed by atoms with Crippen LogP contribution in [0.5, 0.6) is 0 Å². The number of nitrogens with two attached hydrogens (primary N) is 1. The van der Waals surface area contributed by atoms with Crippen molar-refractivity contribution in [3.63, 3.8) is 0 Å². The van der Waals surface area contributed by atoms with E-state index in [9.17, 15) is 4.79 Å². The number of nitrogen functional groups attached to an aromatic ring is 1. The largest absolute Gasteiger partial charge is 0.383 e. The van der Waals surface area contributed by atoms with E-state index in [4.69, 9.17) is 11.1 Å². The summed E-state index contributed by atoms with van der Waals surface area (Å²) in [7, 11) is 2.03. The number of ketones is 1. The third-order valence-corrected chi connectivity index (χ3v) is 7.24. The van der Waals surface area contributed by atoms with Gasteiger partial charge >= 0.3 is 0 Å². The highest BCUT2D eigenvalue weighted by Crippen LogP contribution is 2.29. The van der Waals surface area contributed by atoms with Crippen LogP contribution in [-0.2, 0) is 38.4 Å². The lowest BCUT2D eigenvalue weighted by Crippen LogP contribution is -2.29. The fraction of sp³-hybridized carbons (Fsp3) is 0.481. The van der Waals surface area contributed by atoms with Crippen molar-refractivity contribution in [3.8, 4) is 0 Å². The predicted molar refractivity (Wildman–Crippen MR) is 145 cm³/mol. The minimum absolute atomic E-state index is 0.157. The van der Waals surface area contributed by atoms with Crippen molar-refractivity contribution in [2.45, 2.75) is 72.4 Å². The lowest BCUT2D eigenvalue weighted by atomic mass is 9.92. The van der Waals surface area contributed by atoms with Crippen LogP contribution in [0.4, 0.5) is 5.82 Å². The van der Waals surface area contributed by atoms with Gasteiger partial charge in [0.15, 0.2) is 5.78 Å². The molecule has 0 saturated heterocycles. The zero-order chi connectivity index (χ0) is 25.8. The van der Waals surface area contributed by atoms with Crippen molar-refractivity contribution in [2.75, 3.05) is 12.3 Å². The van der Waals surface area contributed by atoms with Crippen LogP contribution in [0.1, 0.15) is 84.4 Å². The Balaban J connectivity index is 0.000000225. The lowest BCUT2D eigenvalue weighted by molar-refractivity contribution is 0.101. The van der Waals surface area contributed by atoms with Gasteiger partial charge in [-0.1, -0.05) is 34.1 Å². The number of aromatic nitrogens is 3. The summed E-state index contributed by atoms with van der Waals surface area (Å²) in [6.45, 7) is 13.0. The minimum Gasteiger partial charge on any atom is -0.383 e. The molecule has 7 nitrogen and oxygen atoms in total. The summed E-state index contributed by atoms with van der Waals surface area (Å²) in [5.41, 5.74) is 12.3. The molecule has 1 aliphatic rings. The summed E-state index contributed by atoms with van der Waals surface area (Å²) in [6, 6.07) is 4.14. The second-order valence-corrected chi connectivity index (χ2v) is 11.1. The highest BCUT2D eigenvalue weighted by Gasteiger charge is 2.22. The van der Waals surface area contributed by atoms with Gasteiger partial charge in [0.1, 0.15) is 5.82 Å². The molecule has 4 heterocycles. The van der Waals surface area contributed by atoms with Gasteiger partial charge in [0.2, 0.25) is 0 Å². The summed E-state index contributed by atoms with van der Waals surface area (Å²) in [5, 5.41) is 13.8. The Labute approximate surface area is 212 Å². The first-order chi connectivity index (χ1) is 16.5. The standard InChI is InChI=1S/C16H18N4OS.C11H20N2/c1-10(21)14-9-22-15-8-20(3-2-13(14)15)7-11-4-12(5-17)16(18)19-6-11;1-6-7-9-8-10(11(2,3)4)12-13(9)5/h4-6,9,17H,2-3,7-8H2,1H3,(H2,18,19);8H,6-7H2,1-5H3. The predicted octanol–water partition coefficient (Wildman–Crippen LogP) is 5.15. The molecule has 0 aliphatic carbocycles. The Morgan fingerprint density at radius 2 is 2.06 bits per heavy atom. The van der Waals surface area contributed by atoms with Gasteiger partial charge in [-0.25, -0.2) is 4.98 Å². The SMILES string of the molecule is CC(=O)c1csc2c1CCN(Cc1cnc(N)c(C=N)c1)C2.CCCc1cc(C(C)(C)C)nn1C. The lowest BCUT2D eigenvalue weighted by Gasteiger charge is -2.27. The van der Waals surface area contributed by atoms with E-state index in [1.54, 1.807) is 24.5 Å². The maximum atomic E-state index is 11.6. The number of hydrogen-bond acceptors (Lipinski definition) is 7. The molecule has 35 heavy (non-hydrogen) atoms. The molecule has 4 rings (SSSR count). The van der Waals surface area contributed by atoms with E-state index in [2.05, 4.69) is 48.7 Å². The van der Waals surface area contributed by atoms with Gasteiger partial charge in [-0.15, -0.1) is 11.3 Å². The topological polar surface area (TPSA) is 101 Å². The van der Waals surface area contributed by atoms with Crippen LogP contribution in [-0.4, -0.2) is 38.2 Å². The summed E-state index contributed by atoms with van der Waals surface area (Å²) in [6.07, 6.45) is 6.22. The molecular formula is C27H38N6OS. The first-order valence-electron chi connectivity index (χ1n) is 12.1. The molecular weight excluding hydrogens is 456 g/mol. The number of anilines is 1. The Morgan fingerprint density at radius 3 is 2.66 bits per heavy atom. The molecule has 0 amide bonds. The van der Waals surface area contributed by atoms with Gasteiger partial charge in [-0.3, -0.25) is 14.4 Å². The average molecular weight is 495 g/mol. The molecule has 0 aromatic carbocycles. The van der Waals surface area contributed by atoms with Crippen LogP contribution in [0.25, 0.3) is 0 Å². The maximum Gasteiger partial charge on any atom is 0.160 e. The number of nitrogens with zero attached hydrogens (tertiary/aromatic N) is 4. The molecule has 0 spiro atoms. The van der Waals surface area contributed by atoms with Gasteiger partial charge in [0.25, 0.3) is 0 Å². The summed E-state index contributed by atoms with van der Waals surface area (Å²) in [4.78, 5) is 19.4. The van der Waals surface area contributed by atoms with Crippen molar-refractivity contribution >= 4 is 29.2 Å². The fourth-order valence-corrected chi connectivity index (χ4v) is 5.35. The number of rotatable bonds is 6. The van der Waals surface area contributed by atoms with Crippen LogP contribution >= 0.6 is 11.3 Å². The Kier molecular flexibility index (Phi) is 8.61. The second-order valence-electron chi connectivity index (χ2n) is 10.2. The normalized spacial score (nSPS) is 13.7. The quantitative estimate of drug-likeness (QED) is 0.364. The Bertz CT molecular complexity index is 1190. The van der Waals surface area contributed by atoms with Gasteiger partial charge < -0.3 is 11.1 Å². The fourth-order valence-electron chi connectivity index (χ4n) is 4.17. The van der Waals surface area contributed by atoms with E-state index in [1.807, 2.05) is 23.2 Å². The zero-order valence-corrected chi connectivity index (χ0v) is 22.6. The molecule has 0 radical (unpaired) electrons. The zero-order valence-electron chi connectivity index (χ0n) is 21.8. The number of thiophene rings is 1. The van der Waals surface area contributed by atoms with Gasteiger partial charge in [0.05, 0.1) is 5.69 Å². The molecule has 8 heteroatoms. The smallest absolute Gasteiger partial charge is 0.160 e. The molecule has 0 bridgehead atoms. The van der Waals surface area contributed by atoms with Crippen LogP contribution < -0.4 is 5.73 Å². The minimum atomic E-state index is 0.157. The van der Waals surface area contributed by atoms with Crippen molar-refractivity contribution in [1.82, 2.24) is 19.7 Å². The van der Waals surface area contributed by atoms with Crippen LogP contribution in [0.15, 0.2) is 23.7 Å². The highest BCUT2D eigenvalue weighted by atomic mass is 32.1. The molecule has 0 fully saturated rings. The number of fused-ring (bicyclic) bond motifs is 1. The van der Waals surface area contributed by atoms with E-state index < -0.39 is 0 Å². The Hall–Kier alpha value is -2.84. The molecule has 3 N–H and O–H groups in total. The molecule has 0 saturated carbocycles. The van der Waals surface area contributed by atoms with Crippen molar-refractivity contribution < 1.29 is 4.79 Å². The van der Waals surface area contributed by atoms with Crippen molar-refractivity contribution in [1.29, 1.82) is 5.41 Å². The summed E-state index contributed by atoms with van der Waals surface area (Å²) in [5.74, 6) is 0.549. The summed E-state index contributed by atoms with van der Waals surface area (Å²) >= 11 is 1.67. The van der Waals surface area contributed by atoms with E-state index in [-0.39, 0.29) is 11.2 Å². The molecule has 188 valence electrons. The summed E-state index contributed by atoms with van der Waals surface area (Å²) < 4.78 is 2.00. The van der Waals surface area contributed by atoms with E-state index >= 15 is 0 Å². The molecule has 3 aromatic heterocycles. The van der Waals surface area contributed by atoms with Gasteiger partial charge in [0, 0.05) is 71.6 Å². The highest BCUT2D eigenvalue weighted by molar-refractivity contribution is 7.10. The van der Waals surface area contributed by atoms with Gasteiger partial charge in [-0.05, 0) is 43.0 Å². The number of nitrogens with one attached hydrogen (secondary N) is 1. The molecule has 0 atom stereocenters. The Morgan fingerprint density at radius 1 is 1.31 bits per heavy atom. The number of Topliss-reactive ketones (excluding diaryl/α,β-unsaturated/α-hetero) is 1. The average Bonchev–Trinajstić information content (AvgIpc) is 3.39. The van der Waals surface area contributed by atoms with Crippen LogP contribution in [0, 0.1) is 5.41 Å². The third-order valence-electron chi connectivity index (χ3n) is 6.22. The van der Waals surface area contributed by atoms with Crippen molar-refractivity contribution in [2.24, 2.45) is 7.05 Å². The number of hydrogen-bond donors (Lipinski definition) is 2. The van der Waals surface area contributed by atoms with E-state index in [0.29, 0.717) is 11.4 Å². The number of aryl methyl sites for hydroxylation is 2. The monoisotopic (exact) mass is 494 g/mol. The van der Waals surface area contributed by atoms with E-state index in [0.717, 1.165) is 43.6 Å². The van der Waals surface area contributed by atoms with E-state index in [1.165, 1.54) is 34.5 Å². The third kappa shape index (κ3) is 6.64. The maximum absolute atomic E-state index is 11.6. The first kappa shape index (κ1) is 26.8. The van der Waals surface area contributed by atoms with Gasteiger partial charge in [-0.2, -0.15) is 5.10 Å². The second kappa shape index (κ2) is 11.3. The van der Waals surface area contributed by atoms with Crippen LogP contribution in [0.2, 0.25) is 0 Å².